The molecular formula is C18H15F3N2O3. The van der Waals surface area contributed by atoms with Crippen molar-refractivity contribution in [3.63, 3.8) is 0 Å². The largest absolute Gasteiger partial charge is 0.494 e. The maximum atomic E-state index is 13.1. The highest BCUT2D eigenvalue weighted by atomic mass is 19.4. The van der Waals surface area contributed by atoms with Crippen LogP contribution < -0.4 is 5.32 Å². The van der Waals surface area contributed by atoms with Gasteiger partial charge in [0.15, 0.2) is 0 Å². The number of aromatic hydroxyl groups is 2. The van der Waals surface area contributed by atoms with E-state index in [0.717, 1.165) is 29.2 Å². The minimum absolute atomic E-state index is 0.0603. The normalized spacial score (nSPS) is 20.5. The van der Waals surface area contributed by atoms with E-state index in [-0.39, 0.29) is 35.0 Å². The Kier molecular flexibility index (Phi) is 3.37. The first-order chi connectivity index (χ1) is 12.2. The molecule has 26 heavy (non-hydrogen) atoms. The van der Waals surface area contributed by atoms with Gasteiger partial charge in [-0.1, -0.05) is 12.2 Å². The Morgan fingerprint density at radius 2 is 1.73 bits per heavy atom. The second-order valence-corrected chi connectivity index (χ2v) is 6.55. The van der Waals surface area contributed by atoms with Crippen LogP contribution in [0, 0.1) is 0 Å². The number of hydrogen-bond donors (Lipinski definition) is 3. The van der Waals surface area contributed by atoms with Gasteiger partial charge in [0.25, 0.3) is 0 Å². The van der Waals surface area contributed by atoms with Crippen LogP contribution >= 0.6 is 0 Å². The van der Waals surface area contributed by atoms with Gasteiger partial charge in [-0.15, -0.1) is 0 Å². The first-order valence-electron chi connectivity index (χ1n) is 8.02. The summed E-state index contributed by atoms with van der Waals surface area (Å²) in [4.78, 5) is 11.4. The lowest BCUT2D eigenvalue weighted by atomic mass is 10.0. The first-order valence-corrected chi connectivity index (χ1v) is 8.02. The summed E-state index contributed by atoms with van der Waals surface area (Å²) in [6, 6.07) is 2.75. The molecule has 2 aliphatic carbocycles. The van der Waals surface area contributed by atoms with Gasteiger partial charge in [-0.05, 0) is 24.6 Å². The van der Waals surface area contributed by atoms with Crippen LogP contribution in [-0.4, -0.2) is 20.7 Å². The summed E-state index contributed by atoms with van der Waals surface area (Å²) in [5.41, 5.74) is 0.0293. The van der Waals surface area contributed by atoms with Gasteiger partial charge in [-0.25, -0.2) is 4.57 Å². The van der Waals surface area contributed by atoms with Gasteiger partial charge in [0.2, 0.25) is 17.7 Å². The summed E-state index contributed by atoms with van der Waals surface area (Å²) in [5, 5.41) is 23.7. The highest BCUT2D eigenvalue weighted by molar-refractivity contribution is 5.91. The Labute approximate surface area is 146 Å². The predicted octanol–water partition coefficient (Wildman–Crippen LogP) is 4.01. The molecule has 2 bridgehead atoms. The molecule has 2 atom stereocenters. The Balaban J connectivity index is 1.94. The van der Waals surface area contributed by atoms with Gasteiger partial charge in [0.05, 0.1) is 16.9 Å². The number of hydrogen-bond acceptors (Lipinski definition) is 3. The molecule has 1 amide bonds. The van der Waals surface area contributed by atoms with Crippen LogP contribution in [0.2, 0.25) is 0 Å². The van der Waals surface area contributed by atoms with E-state index in [0.29, 0.717) is 11.1 Å². The molecule has 5 nitrogen and oxygen atoms in total. The van der Waals surface area contributed by atoms with Crippen molar-refractivity contribution in [2.45, 2.75) is 31.4 Å². The molecule has 0 saturated carbocycles. The van der Waals surface area contributed by atoms with Crippen LogP contribution in [0.1, 0.15) is 41.9 Å². The quantitative estimate of drug-likeness (QED) is 0.705. The number of nitrogens with one attached hydrogen (secondary N) is 1. The summed E-state index contributed by atoms with van der Waals surface area (Å²) in [5.74, 6) is -1.23. The van der Waals surface area contributed by atoms with Gasteiger partial charge >= 0.3 is 6.18 Å². The molecule has 2 aromatic rings. The molecule has 4 rings (SSSR count). The van der Waals surface area contributed by atoms with Crippen molar-refractivity contribution >= 4 is 11.6 Å². The molecule has 3 N–H and O–H groups in total. The molecule has 0 spiro atoms. The van der Waals surface area contributed by atoms with Crippen molar-refractivity contribution in [2.75, 3.05) is 5.32 Å². The standard InChI is InChI=1S/C18H15F3N2O3/c1-8(24)22-12-5-4-11(18(19,20)21)7-13(12)23-16(25)14-9-2-3-10(6-9)15(14)17(23)26/h2-5,7,9-10,25-26H,6H2,1H3,(H,22,24)/t9-,10+. The number of amides is 1. The SMILES string of the molecule is CC(=O)Nc1ccc(C(F)(F)F)cc1-n1c(O)c2c(c1O)[C@H]1C=C[C@@H]2C1. The van der Waals surface area contributed by atoms with E-state index in [1.54, 1.807) is 0 Å². The average molecular weight is 364 g/mol. The molecule has 1 heterocycles. The maximum absolute atomic E-state index is 13.1. The molecule has 1 aromatic heterocycles. The van der Waals surface area contributed by atoms with Crippen molar-refractivity contribution in [3.05, 3.63) is 47.0 Å². The van der Waals surface area contributed by atoms with Crippen LogP contribution in [0.3, 0.4) is 0 Å². The van der Waals surface area contributed by atoms with Gasteiger partial charge < -0.3 is 15.5 Å². The average Bonchev–Trinajstić information content (AvgIpc) is 3.21. The second-order valence-electron chi connectivity index (χ2n) is 6.55. The number of carbonyl (C=O) groups excluding carboxylic acids is 1. The molecule has 8 heteroatoms. The number of fused-ring (bicyclic) bond motifs is 5. The number of allylic oxidation sites excluding steroid dienone is 2. The van der Waals surface area contributed by atoms with E-state index in [1.165, 1.54) is 6.92 Å². The lowest BCUT2D eigenvalue weighted by Crippen LogP contribution is -2.12. The summed E-state index contributed by atoms with van der Waals surface area (Å²) in [7, 11) is 0. The lowest BCUT2D eigenvalue weighted by Gasteiger charge is -2.17. The molecule has 2 aliphatic rings. The molecular weight excluding hydrogens is 349 g/mol. The predicted molar refractivity (Wildman–Crippen MR) is 87.6 cm³/mol. The van der Waals surface area contributed by atoms with Gasteiger partial charge in [0, 0.05) is 29.9 Å². The number of anilines is 1. The van der Waals surface area contributed by atoms with E-state index in [9.17, 15) is 28.2 Å². The second kappa shape index (κ2) is 5.30. The molecule has 136 valence electrons. The zero-order valence-corrected chi connectivity index (χ0v) is 13.6. The maximum Gasteiger partial charge on any atom is 0.416 e. The van der Waals surface area contributed by atoms with Crippen molar-refractivity contribution < 1.29 is 28.2 Å². The fourth-order valence-corrected chi connectivity index (χ4v) is 3.86. The lowest BCUT2D eigenvalue weighted by molar-refractivity contribution is -0.137. The van der Waals surface area contributed by atoms with Crippen LogP contribution in [0.25, 0.3) is 5.69 Å². The number of carbonyl (C=O) groups is 1. The fraction of sp³-hybridized carbons (Fsp3) is 0.278. The van der Waals surface area contributed by atoms with Crippen molar-refractivity contribution in [3.8, 4) is 17.4 Å². The van der Waals surface area contributed by atoms with Gasteiger partial charge in [0.1, 0.15) is 0 Å². The Hall–Kier alpha value is -2.90. The molecule has 0 aliphatic heterocycles. The minimum atomic E-state index is -4.61. The van der Waals surface area contributed by atoms with E-state index in [2.05, 4.69) is 5.32 Å². The van der Waals surface area contributed by atoms with Crippen LogP contribution in [0.4, 0.5) is 18.9 Å². The third-order valence-electron chi connectivity index (χ3n) is 4.90. The number of nitrogens with zero attached hydrogens (tertiary/aromatic N) is 1. The van der Waals surface area contributed by atoms with Crippen LogP contribution in [-0.2, 0) is 11.0 Å². The summed E-state index contributed by atoms with van der Waals surface area (Å²) in [6.45, 7) is 1.22. The summed E-state index contributed by atoms with van der Waals surface area (Å²) >= 11 is 0. The number of rotatable bonds is 2. The number of aromatic nitrogens is 1. The van der Waals surface area contributed by atoms with Gasteiger partial charge in [-0.2, -0.15) is 13.2 Å². The van der Waals surface area contributed by atoms with Crippen molar-refractivity contribution in [1.82, 2.24) is 4.57 Å². The molecule has 0 radical (unpaired) electrons. The highest BCUT2D eigenvalue weighted by Gasteiger charge is 2.42. The van der Waals surface area contributed by atoms with E-state index < -0.39 is 17.6 Å². The molecule has 0 saturated heterocycles. The number of alkyl halides is 3. The topological polar surface area (TPSA) is 74.5 Å². The Morgan fingerprint density at radius 1 is 1.15 bits per heavy atom. The van der Waals surface area contributed by atoms with E-state index in [1.807, 2.05) is 12.2 Å². The smallest absolute Gasteiger partial charge is 0.416 e. The van der Waals surface area contributed by atoms with E-state index in [4.69, 9.17) is 0 Å². The Bertz CT molecular complexity index is 924. The molecule has 1 aromatic carbocycles. The minimum Gasteiger partial charge on any atom is -0.494 e. The first kappa shape index (κ1) is 16.6. The third kappa shape index (κ3) is 2.28. The fourth-order valence-electron chi connectivity index (χ4n) is 3.86. The monoisotopic (exact) mass is 364 g/mol. The number of halogens is 3. The molecule has 0 unspecified atom stereocenters. The summed E-state index contributed by atoms with van der Waals surface area (Å²) in [6.07, 6.45) is -0.0479. The van der Waals surface area contributed by atoms with Crippen LogP contribution in [0.5, 0.6) is 11.8 Å². The van der Waals surface area contributed by atoms with Crippen molar-refractivity contribution in [2.24, 2.45) is 0 Å². The summed E-state index contributed by atoms with van der Waals surface area (Å²) < 4.78 is 40.4. The van der Waals surface area contributed by atoms with Gasteiger partial charge in [-0.3, -0.25) is 4.79 Å². The Morgan fingerprint density at radius 3 is 2.23 bits per heavy atom. The molecule has 0 fully saturated rings. The van der Waals surface area contributed by atoms with Crippen LogP contribution in [0.15, 0.2) is 30.4 Å². The van der Waals surface area contributed by atoms with Crippen molar-refractivity contribution in [1.29, 1.82) is 0 Å². The number of benzene rings is 1. The zero-order chi connectivity index (χ0) is 18.8. The zero-order valence-electron chi connectivity index (χ0n) is 13.6. The third-order valence-corrected chi connectivity index (χ3v) is 4.90. The highest BCUT2D eigenvalue weighted by Crippen LogP contribution is 2.57. The van der Waals surface area contributed by atoms with E-state index >= 15 is 0 Å².